The van der Waals surface area contributed by atoms with Crippen LogP contribution in [-0.2, 0) is 11.2 Å². The Morgan fingerprint density at radius 2 is 2.33 bits per heavy atom. The first-order valence-electron chi connectivity index (χ1n) is 7.02. The molecule has 1 aliphatic rings. The van der Waals surface area contributed by atoms with Crippen molar-refractivity contribution in [2.24, 2.45) is 5.92 Å². The molecule has 1 fully saturated rings. The quantitative estimate of drug-likeness (QED) is 0.791. The van der Waals surface area contributed by atoms with E-state index in [4.69, 9.17) is 9.15 Å². The third-order valence-electron chi connectivity index (χ3n) is 3.14. The zero-order valence-corrected chi connectivity index (χ0v) is 11.4. The molecular formula is C14H24N2O2. The first-order valence-corrected chi connectivity index (χ1v) is 7.02. The van der Waals surface area contributed by atoms with Crippen molar-refractivity contribution in [3.05, 3.63) is 17.8 Å². The summed E-state index contributed by atoms with van der Waals surface area (Å²) in [6.45, 7) is 7.22. The van der Waals surface area contributed by atoms with E-state index in [0.29, 0.717) is 5.92 Å². The predicted octanol–water partition coefficient (Wildman–Crippen LogP) is 2.70. The Labute approximate surface area is 109 Å². The Morgan fingerprint density at radius 3 is 3.06 bits per heavy atom. The Hall–Kier alpha value is -0.870. The van der Waals surface area contributed by atoms with Crippen molar-refractivity contribution < 1.29 is 9.15 Å². The maximum Gasteiger partial charge on any atom is 0.195 e. The third-order valence-corrected chi connectivity index (χ3v) is 3.14. The molecule has 0 aromatic carbocycles. The van der Waals surface area contributed by atoms with Crippen molar-refractivity contribution in [3.63, 3.8) is 0 Å². The van der Waals surface area contributed by atoms with Gasteiger partial charge in [-0.25, -0.2) is 4.98 Å². The number of ether oxygens (including phenoxy) is 1. The zero-order valence-electron chi connectivity index (χ0n) is 11.4. The third kappa shape index (κ3) is 4.10. The van der Waals surface area contributed by atoms with Crippen LogP contribution in [0.5, 0.6) is 0 Å². The lowest BCUT2D eigenvalue weighted by Gasteiger charge is -2.19. The monoisotopic (exact) mass is 252 g/mol. The van der Waals surface area contributed by atoms with E-state index in [0.717, 1.165) is 50.6 Å². The molecule has 102 valence electrons. The Balaban J connectivity index is 1.75. The molecule has 0 aliphatic carbocycles. The summed E-state index contributed by atoms with van der Waals surface area (Å²) in [4.78, 5) is 4.32. The van der Waals surface area contributed by atoms with Gasteiger partial charge in [0, 0.05) is 19.6 Å². The molecule has 0 amide bonds. The van der Waals surface area contributed by atoms with E-state index in [9.17, 15) is 0 Å². The van der Waals surface area contributed by atoms with Gasteiger partial charge in [0.15, 0.2) is 11.7 Å². The molecule has 1 aromatic heterocycles. The molecule has 2 rings (SSSR count). The largest absolute Gasteiger partial charge is 0.443 e. The highest BCUT2D eigenvalue weighted by Gasteiger charge is 2.20. The summed E-state index contributed by atoms with van der Waals surface area (Å²) in [6, 6.07) is 0. The van der Waals surface area contributed by atoms with Crippen LogP contribution in [-0.4, -0.2) is 24.7 Å². The Morgan fingerprint density at radius 1 is 1.44 bits per heavy atom. The second kappa shape index (κ2) is 6.90. The van der Waals surface area contributed by atoms with Crippen LogP contribution in [0.3, 0.4) is 0 Å². The van der Waals surface area contributed by atoms with E-state index in [1.165, 1.54) is 6.42 Å². The summed E-state index contributed by atoms with van der Waals surface area (Å²) in [5.74, 6) is 2.39. The van der Waals surface area contributed by atoms with Gasteiger partial charge in [0.2, 0.25) is 0 Å². The van der Waals surface area contributed by atoms with Gasteiger partial charge in [-0.3, -0.25) is 0 Å². The summed E-state index contributed by atoms with van der Waals surface area (Å²) in [7, 11) is 0. The van der Waals surface area contributed by atoms with Crippen molar-refractivity contribution in [3.8, 4) is 0 Å². The number of hydrogen-bond donors (Lipinski definition) is 1. The van der Waals surface area contributed by atoms with E-state index < -0.39 is 0 Å². The summed E-state index contributed by atoms with van der Waals surface area (Å²) in [5.41, 5.74) is 0. The van der Waals surface area contributed by atoms with E-state index in [1.807, 2.05) is 6.20 Å². The normalized spacial score (nSPS) is 20.5. The molecule has 0 saturated carbocycles. The van der Waals surface area contributed by atoms with Gasteiger partial charge in [0.05, 0.1) is 6.20 Å². The lowest BCUT2D eigenvalue weighted by molar-refractivity contribution is 0.00128. The van der Waals surface area contributed by atoms with Crippen LogP contribution in [0, 0.1) is 5.92 Å². The van der Waals surface area contributed by atoms with Crippen molar-refractivity contribution in [1.82, 2.24) is 10.3 Å². The summed E-state index contributed by atoms with van der Waals surface area (Å²) in [5, 5.41) is 3.39. The van der Waals surface area contributed by atoms with Gasteiger partial charge in [0.1, 0.15) is 6.10 Å². The van der Waals surface area contributed by atoms with Crippen LogP contribution < -0.4 is 5.32 Å². The lowest BCUT2D eigenvalue weighted by Crippen LogP contribution is -2.22. The molecule has 4 heteroatoms. The minimum atomic E-state index is 0.128. The molecule has 1 N–H and O–H groups in total. The van der Waals surface area contributed by atoms with Gasteiger partial charge >= 0.3 is 0 Å². The fourth-order valence-corrected chi connectivity index (χ4v) is 2.14. The number of nitrogens with one attached hydrogen (secondary N) is 1. The Bertz CT molecular complexity index is 343. The minimum absolute atomic E-state index is 0.128. The molecule has 1 aliphatic heterocycles. The number of hydrogen-bond acceptors (Lipinski definition) is 4. The maximum absolute atomic E-state index is 5.75. The highest BCUT2D eigenvalue weighted by atomic mass is 16.5. The van der Waals surface area contributed by atoms with Crippen molar-refractivity contribution >= 4 is 0 Å². The first kappa shape index (κ1) is 13.6. The van der Waals surface area contributed by atoms with Crippen molar-refractivity contribution in [2.75, 3.05) is 19.7 Å². The minimum Gasteiger partial charge on any atom is -0.443 e. The second-order valence-electron chi connectivity index (χ2n) is 5.36. The van der Waals surface area contributed by atoms with E-state index in [-0.39, 0.29) is 6.10 Å². The second-order valence-corrected chi connectivity index (χ2v) is 5.36. The van der Waals surface area contributed by atoms with E-state index in [1.54, 1.807) is 0 Å². The van der Waals surface area contributed by atoms with Crippen LogP contribution in [0.25, 0.3) is 0 Å². The number of aromatic nitrogens is 1. The smallest absolute Gasteiger partial charge is 0.195 e. The number of rotatable bonds is 6. The highest BCUT2D eigenvalue weighted by molar-refractivity contribution is 4.99. The molecule has 0 radical (unpaired) electrons. The summed E-state index contributed by atoms with van der Waals surface area (Å²) >= 11 is 0. The first-order chi connectivity index (χ1) is 8.75. The molecule has 1 saturated heterocycles. The van der Waals surface area contributed by atoms with Crippen LogP contribution in [0.4, 0.5) is 0 Å². The molecule has 2 heterocycles. The molecule has 0 spiro atoms. The number of nitrogens with zero attached hydrogens (tertiary/aromatic N) is 1. The molecule has 18 heavy (non-hydrogen) atoms. The number of oxazole rings is 1. The van der Waals surface area contributed by atoms with Gasteiger partial charge in [-0.15, -0.1) is 0 Å². The van der Waals surface area contributed by atoms with E-state index in [2.05, 4.69) is 24.1 Å². The van der Waals surface area contributed by atoms with Crippen LogP contribution in [0.15, 0.2) is 10.6 Å². The summed E-state index contributed by atoms with van der Waals surface area (Å²) in [6.07, 6.45) is 6.24. The predicted molar refractivity (Wildman–Crippen MR) is 70.5 cm³/mol. The SMILES string of the molecule is CC(C)CNCCc1ncc(C2CCCCO2)o1. The maximum atomic E-state index is 5.75. The molecule has 4 nitrogen and oxygen atoms in total. The fourth-order valence-electron chi connectivity index (χ4n) is 2.14. The fraction of sp³-hybridized carbons (Fsp3) is 0.786. The van der Waals surface area contributed by atoms with Gasteiger partial charge in [-0.05, 0) is 31.7 Å². The van der Waals surface area contributed by atoms with Crippen LogP contribution in [0.1, 0.15) is 50.9 Å². The van der Waals surface area contributed by atoms with E-state index >= 15 is 0 Å². The summed E-state index contributed by atoms with van der Waals surface area (Å²) < 4.78 is 11.4. The highest BCUT2D eigenvalue weighted by Crippen LogP contribution is 2.28. The molecular weight excluding hydrogens is 228 g/mol. The van der Waals surface area contributed by atoms with Gasteiger partial charge < -0.3 is 14.5 Å². The molecule has 1 aromatic rings. The molecule has 0 bridgehead atoms. The average molecular weight is 252 g/mol. The van der Waals surface area contributed by atoms with Crippen molar-refractivity contribution in [2.45, 2.75) is 45.6 Å². The zero-order chi connectivity index (χ0) is 12.8. The molecule has 1 unspecified atom stereocenters. The van der Waals surface area contributed by atoms with Crippen LogP contribution in [0.2, 0.25) is 0 Å². The average Bonchev–Trinajstić information content (AvgIpc) is 2.84. The Kier molecular flexibility index (Phi) is 5.20. The van der Waals surface area contributed by atoms with Crippen molar-refractivity contribution in [1.29, 1.82) is 0 Å². The van der Waals surface area contributed by atoms with Gasteiger partial charge in [-0.1, -0.05) is 13.8 Å². The molecule has 1 atom stereocenters. The van der Waals surface area contributed by atoms with Gasteiger partial charge in [-0.2, -0.15) is 0 Å². The lowest BCUT2D eigenvalue weighted by atomic mass is 10.1. The topological polar surface area (TPSA) is 47.3 Å². The van der Waals surface area contributed by atoms with Gasteiger partial charge in [0.25, 0.3) is 0 Å². The van der Waals surface area contributed by atoms with Crippen LogP contribution >= 0.6 is 0 Å². The standard InChI is InChI=1S/C14H24N2O2/c1-11(2)9-15-7-6-14-16-10-13(18-14)12-5-3-4-8-17-12/h10-12,15H,3-9H2,1-2H3.